The molecule has 2 N–H and O–H groups in total. The SMILES string of the molecule is CC1SCCN(S(=O)(=O)c2ccc(Cl)cc2N)C1C. The average Bonchev–Trinajstić information content (AvgIpc) is 2.31. The molecule has 2 atom stereocenters. The van der Waals surface area contributed by atoms with Crippen LogP contribution in [-0.2, 0) is 10.0 Å². The summed E-state index contributed by atoms with van der Waals surface area (Å²) >= 11 is 7.60. The third-order valence-corrected chi connectivity index (χ3v) is 7.02. The van der Waals surface area contributed by atoms with Crippen LogP contribution in [0.1, 0.15) is 13.8 Å². The van der Waals surface area contributed by atoms with Gasteiger partial charge in [-0.2, -0.15) is 16.1 Å². The first-order valence-electron chi connectivity index (χ1n) is 6.02. The molecule has 0 spiro atoms. The van der Waals surface area contributed by atoms with Crippen molar-refractivity contribution in [2.75, 3.05) is 18.0 Å². The van der Waals surface area contributed by atoms with Crippen molar-refractivity contribution >= 4 is 39.1 Å². The molecule has 1 aliphatic heterocycles. The summed E-state index contributed by atoms with van der Waals surface area (Å²) < 4.78 is 26.9. The fourth-order valence-electron chi connectivity index (χ4n) is 2.13. The number of sulfonamides is 1. The average molecular weight is 321 g/mol. The highest BCUT2D eigenvalue weighted by molar-refractivity contribution is 8.00. The minimum atomic E-state index is -3.56. The van der Waals surface area contributed by atoms with Crippen LogP contribution in [0.25, 0.3) is 0 Å². The molecule has 1 heterocycles. The van der Waals surface area contributed by atoms with Crippen LogP contribution in [0.4, 0.5) is 5.69 Å². The van der Waals surface area contributed by atoms with Gasteiger partial charge < -0.3 is 5.73 Å². The Bertz CT molecular complexity index is 577. The van der Waals surface area contributed by atoms with Gasteiger partial charge in [-0.25, -0.2) is 8.42 Å². The molecule has 0 aromatic heterocycles. The van der Waals surface area contributed by atoms with Crippen LogP contribution >= 0.6 is 23.4 Å². The number of rotatable bonds is 2. The first-order chi connectivity index (χ1) is 8.84. The molecular weight excluding hydrogens is 304 g/mol. The zero-order valence-corrected chi connectivity index (χ0v) is 13.2. The van der Waals surface area contributed by atoms with E-state index in [0.29, 0.717) is 11.6 Å². The summed E-state index contributed by atoms with van der Waals surface area (Å²) in [7, 11) is -3.56. The van der Waals surface area contributed by atoms with E-state index in [1.807, 2.05) is 13.8 Å². The van der Waals surface area contributed by atoms with E-state index in [1.54, 1.807) is 17.8 Å². The van der Waals surface area contributed by atoms with Crippen LogP contribution in [0.5, 0.6) is 0 Å². The van der Waals surface area contributed by atoms with Crippen LogP contribution in [0.3, 0.4) is 0 Å². The summed E-state index contributed by atoms with van der Waals surface area (Å²) in [6, 6.07) is 4.46. The maximum absolute atomic E-state index is 12.7. The lowest BCUT2D eigenvalue weighted by molar-refractivity contribution is 0.340. The lowest BCUT2D eigenvalue weighted by atomic mass is 10.2. The smallest absolute Gasteiger partial charge is 0.245 e. The molecule has 2 rings (SSSR count). The van der Waals surface area contributed by atoms with Crippen LogP contribution in [-0.4, -0.2) is 36.3 Å². The Morgan fingerprint density at radius 2 is 2.11 bits per heavy atom. The van der Waals surface area contributed by atoms with Gasteiger partial charge >= 0.3 is 0 Å². The lowest BCUT2D eigenvalue weighted by Gasteiger charge is -2.36. The Morgan fingerprint density at radius 3 is 2.74 bits per heavy atom. The van der Waals surface area contributed by atoms with Gasteiger partial charge in [-0.05, 0) is 25.1 Å². The number of hydrogen-bond acceptors (Lipinski definition) is 4. The summed E-state index contributed by atoms with van der Waals surface area (Å²) in [6.07, 6.45) is 0. The molecule has 0 bridgehead atoms. The number of hydrogen-bond donors (Lipinski definition) is 1. The van der Waals surface area contributed by atoms with E-state index in [0.717, 1.165) is 5.75 Å². The zero-order valence-electron chi connectivity index (χ0n) is 10.8. The summed E-state index contributed by atoms with van der Waals surface area (Å²) in [5.74, 6) is 0.804. The molecule has 1 aliphatic rings. The topological polar surface area (TPSA) is 63.4 Å². The van der Waals surface area contributed by atoms with E-state index in [-0.39, 0.29) is 21.9 Å². The van der Waals surface area contributed by atoms with E-state index in [4.69, 9.17) is 17.3 Å². The van der Waals surface area contributed by atoms with Gasteiger partial charge in [-0.3, -0.25) is 0 Å². The van der Waals surface area contributed by atoms with Gasteiger partial charge in [-0.15, -0.1) is 0 Å². The van der Waals surface area contributed by atoms with Crippen LogP contribution in [0.15, 0.2) is 23.1 Å². The molecule has 1 aromatic carbocycles. The number of thioether (sulfide) groups is 1. The molecule has 2 unspecified atom stereocenters. The van der Waals surface area contributed by atoms with E-state index in [9.17, 15) is 8.42 Å². The second-order valence-electron chi connectivity index (χ2n) is 4.61. The van der Waals surface area contributed by atoms with Crippen molar-refractivity contribution in [1.29, 1.82) is 0 Å². The van der Waals surface area contributed by atoms with Crippen molar-refractivity contribution in [2.45, 2.75) is 30.0 Å². The molecule has 7 heteroatoms. The molecule has 0 saturated carbocycles. The molecular formula is C12H17ClN2O2S2. The molecule has 1 fully saturated rings. The number of nitrogens with two attached hydrogens (primary N) is 1. The van der Waals surface area contributed by atoms with E-state index in [1.165, 1.54) is 16.4 Å². The van der Waals surface area contributed by atoms with E-state index in [2.05, 4.69) is 0 Å². The summed E-state index contributed by atoms with van der Waals surface area (Å²) in [5.41, 5.74) is 6.00. The summed E-state index contributed by atoms with van der Waals surface area (Å²) in [4.78, 5) is 0.142. The van der Waals surface area contributed by atoms with Crippen molar-refractivity contribution in [3.05, 3.63) is 23.2 Å². The van der Waals surface area contributed by atoms with Gasteiger partial charge in [0.1, 0.15) is 4.90 Å². The first kappa shape index (κ1) is 15.0. The molecule has 0 amide bonds. The van der Waals surface area contributed by atoms with Crippen molar-refractivity contribution in [2.24, 2.45) is 0 Å². The molecule has 19 heavy (non-hydrogen) atoms. The van der Waals surface area contributed by atoms with Gasteiger partial charge in [0.05, 0.1) is 5.69 Å². The number of halogens is 1. The van der Waals surface area contributed by atoms with Gasteiger partial charge in [0, 0.05) is 28.6 Å². The van der Waals surface area contributed by atoms with E-state index >= 15 is 0 Å². The molecule has 1 saturated heterocycles. The molecule has 4 nitrogen and oxygen atoms in total. The van der Waals surface area contributed by atoms with Crippen molar-refractivity contribution < 1.29 is 8.42 Å². The van der Waals surface area contributed by atoms with Crippen molar-refractivity contribution in [3.63, 3.8) is 0 Å². The Hall–Kier alpha value is -0.430. The first-order valence-corrected chi connectivity index (χ1v) is 8.89. The minimum absolute atomic E-state index is 0.0428. The molecule has 106 valence electrons. The highest BCUT2D eigenvalue weighted by Gasteiger charge is 2.35. The second-order valence-corrected chi connectivity index (χ2v) is 8.39. The third kappa shape index (κ3) is 2.86. The largest absolute Gasteiger partial charge is 0.398 e. The molecule has 0 aliphatic carbocycles. The standard InChI is InChI=1S/C12H17ClN2O2S2/c1-8-9(2)18-6-5-15(8)19(16,17)12-4-3-10(13)7-11(12)14/h3-4,7-9H,5-6,14H2,1-2H3. The predicted molar refractivity (Wildman–Crippen MR) is 81.1 cm³/mol. The highest BCUT2D eigenvalue weighted by atomic mass is 35.5. The van der Waals surface area contributed by atoms with Crippen molar-refractivity contribution in [3.8, 4) is 0 Å². The van der Waals surface area contributed by atoms with Gasteiger partial charge in [0.15, 0.2) is 0 Å². The number of nitrogens with zero attached hydrogens (tertiary/aromatic N) is 1. The third-order valence-electron chi connectivity index (χ3n) is 3.38. The maximum atomic E-state index is 12.7. The Morgan fingerprint density at radius 1 is 1.42 bits per heavy atom. The zero-order chi connectivity index (χ0) is 14.2. The quantitative estimate of drug-likeness (QED) is 0.850. The van der Waals surface area contributed by atoms with Crippen LogP contribution in [0, 0.1) is 0 Å². The summed E-state index contributed by atoms with van der Waals surface area (Å²) in [6.45, 7) is 4.49. The monoisotopic (exact) mass is 320 g/mol. The Balaban J connectivity index is 2.41. The normalized spacial score (nSPS) is 25.4. The predicted octanol–water partition coefficient (Wildman–Crippen LogP) is 2.44. The highest BCUT2D eigenvalue weighted by Crippen LogP contribution is 2.32. The molecule has 0 radical (unpaired) electrons. The number of benzene rings is 1. The number of nitrogen functional groups attached to an aromatic ring is 1. The number of anilines is 1. The van der Waals surface area contributed by atoms with Gasteiger partial charge in [-0.1, -0.05) is 18.5 Å². The fraction of sp³-hybridized carbons (Fsp3) is 0.500. The Labute approximate surface area is 123 Å². The van der Waals surface area contributed by atoms with Crippen molar-refractivity contribution in [1.82, 2.24) is 4.31 Å². The Kier molecular flexibility index (Phi) is 4.35. The van der Waals surface area contributed by atoms with E-state index < -0.39 is 10.0 Å². The van der Waals surface area contributed by atoms with Gasteiger partial charge in [0.2, 0.25) is 10.0 Å². The lowest BCUT2D eigenvalue weighted by Crippen LogP contribution is -2.47. The second kappa shape index (κ2) is 5.52. The molecule has 1 aromatic rings. The van der Waals surface area contributed by atoms with Gasteiger partial charge in [0.25, 0.3) is 0 Å². The fourth-order valence-corrected chi connectivity index (χ4v) is 5.40. The van der Waals surface area contributed by atoms with Crippen LogP contribution in [0.2, 0.25) is 5.02 Å². The maximum Gasteiger partial charge on any atom is 0.245 e. The van der Waals surface area contributed by atoms with Crippen LogP contribution < -0.4 is 5.73 Å². The minimum Gasteiger partial charge on any atom is -0.398 e. The summed E-state index contributed by atoms with van der Waals surface area (Å²) in [5, 5.41) is 0.712.